The van der Waals surface area contributed by atoms with Crippen LogP contribution in [0.1, 0.15) is 28.4 Å². The molecule has 0 aliphatic rings. The fourth-order valence-electron chi connectivity index (χ4n) is 2.41. The van der Waals surface area contributed by atoms with Crippen molar-refractivity contribution in [2.45, 2.75) is 20.0 Å². The molecule has 2 aromatic carbocycles. The van der Waals surface area contributed by atoms with Crippen LogP contribution in [0.15, 0.2) is 49.0 Å². The van der Waals surface area contributed by atoms with E-state index in [0.29, 0.717) is 12.2 Å². The molecule has 22 heavy (non-hydrogen) atoms. The fourth-order valence-corrected chi connectivity index (χ4v) is 3.75. The summed E-state index contributed by atoms with van der Waals surface area (Å²) in [4.78, 5) is 12.8. The van der Waals surface area contributed by atoms with Crippen molar-refractivity contribution in [1.29, 1.82) is 0 Å². The summed E-state index contributed by atoms with van der Waals surface area (Å²) in [5, 5.41) is 1.16. The van der Waals surface area contributed by atoms with Crippen molar-refractivity contribution in [2.75, 3.05) is 6.61 Å². The zero-order valence-electron chi connectivity index (χ0n) is 13.4. The maximum Gasteiger partial charge on any atom is 0.192 e. The van der Waals surface area contributed by atoms with Gasteiger partial charge < -0.3 is 4.74 Å². The minimum absolute atomic E-state index is 0.0786. The molecule has 0 heterocycles. The second kappa shape index (κ2) is 7.23. The molecule has 0 atom stereocenters. The number of hydrogen-bond acceptors (Lipinski definition) is 2. The highest BCUT2D eigenvalue weighted by molar-refractivity contribution is 6.72. The van der Waals surface area contributed by atoms with E-state index >= 15 is 0 Å². The third kappa shape index (κ3) is 3.54. The van der Waals surface area contributed by atoms with Crippen molar-refractivity contribution >= 4 is 25.8 Å². The topological polar surface area (TPSA) is 26.3 Å². The maximum atomic E-state index is 12.8. The van der Waals surface area contributed by atoms with Crippen LogP contribution >= 0.6 is 0 Å². The lowest BCUT2D eigenvalue weighted by molar-refractivity contribution is 0.103. The van der Waals surface area contributed by atoms with Gasteiger partial charge in [-0.1, -0.05) is 50.0 Å². The van der Waals surface area contributed by atoms with Gasteiger partial charge in [0.2, 0.25) is 0 Å². The van der Waals surface area contributed by atoms with E-state index in [1.165, 1.54) is 0 Å². The first-order valence-corrected chi connectivity index (χ1v) is 10.5. The molecule has 0 aliphatic heterocycles. The molecule has 3 heteroatoms. The van der Waals surface area contributed by atoms with Crippen molar-refractivity contribution in [3.8, 4) is 5.75 Å². The number of carbonyl (C=O) groups excluding carboxylic acids is 1. The van der Waals surface area contributed by atoms with E-state index in [1.807, 2.05) is 49.4 Å². The highest BCUT2D eigenvalue weighted by Crippen LogP contribution is 2.16. The summed E-state index contributed by atoms with van der Waals surface area (Å²) >= 11 is 0. The molecule has 0 amide bonds. The predicted molar refractivity (Wildman–Crippen MR) is 96.1 cm³/mol. The first-order valence-electron chi connectivity index (χ1n) is 7.60. The summed E-state index contributed by atoms with van der Waals surface area (Å²) in [5.41, 5.74) is 2.53. The quantitative estimate of drug-likeness (QED) is 0.601. The van der Waals surface area contributed by atoms with Crippen molar-refractivity contribution < 1.29 is 9.53 Å². The van der Waals surface area contributed by atoms with Crippen LogP contribution in [0.4, 0.5) is 0 Å². The van der Waals surface area contributed by atoms with E-state index in [0.717, 1.165) is 22.1 Å². The first-order chi connectivity index (χ1) is 10.6. The molecule has 2 nitrogen and oxygen atoms in total. The van der Waals surface area contributed by atoms with Gasteiger partial charge in [0, 0.05) is 11.1 Å². The Morgan fingerprint density at radius 2 is 1.86 bits per heavy atom. The lowest BCUT2D eigenvalue weighted by Gasteiger charge is -2.14. The van der Waals surface area contributed by atoms with E-state index in [-0.39, 0.29) is 5.78 Å². The van der Waals surface area contributed by atoms with E-state index < -0.39 is 8.80 Å². The van der Waals surface area contributed by atoms with Crippen LogP contribution < -0.4 is 9.92 Å². The molecule has 0 fully saturated rings. The minimum Gasteiger partial charge on any atom is -0.494 e. The van der Waals surface area contributed by atoms with Gasteiger partial charge >= 0.3 is 0 Å². The molecule has 0 bridgehead atoms. The molecule has 0 unspecified atom stereocenters. The van der Waals surface area contributed by atoms with E-state index in [1.54, 1.807) is 6.08 Å². The van der Waals surface area contributed by atoms with Gasteiger partial charge in [-0.3, -0.25) is 4.79 Å². The highest BCUT2D eigenvalue weighted by atomic mass is 28.3. The number of benzene rings is 2. The van der Waals surface area contributed by atoms with Crippen LogP contribution in [0, 0.1) is 0 Å². The van der Waals surface area contributed by atoms with Crippen LogP contribution in [0.25, 0.3) is 6.08 Å². The Morgan fingerprint density at radius 1 is 1.18 bits per heavy atom. The van der Waals surface area contributed by atoms with Gasteiger partial charge in [0.1, 0.15) is 5.75 Å². The average Bonchev–Trinajstić information content (AvgIpc) is 2.54. The number of ketones is 1. The predicted octanol–water partition coefficient (Wildman–Crippen LogP) is 3.65. The van der Waals surface area contributed by atoms with Crippen LogP contribution in [0.5, 0.6) is 5.75 Å². The molecule has 0 aliphatic carbocycles. The van der Waals surface area contributed by atoms with Gasteiger partial charge in [0.05, 0.1) is 15.4 Å². The normalized spacial score (nSPS) is 10.5. The molecule has 0 aromatic heterocycles. The van der Waals surface area contributed by atoms with Gasteiger partial charge in [-0.2, -0.15) is 0 Å². The Kier molecular flexibility index (Phi) is 5.34. The van der Waals surface area contributed by atoms with E-state index in [4.69, 9.17) is 4.74 Å². The van der Waals surface area contributed by atoms with Crippen molar-refractivity contribution in [1.82, 2.24) is 0 Å². The summed E-state index contributed by atoms with van der Waals surface area (Å²) < 4.78 is 5.57. The summed E-state index contributed by atoms with van der Waals surface area (Å²) in [6.07, 6.45) is 1.78. The lowest BCUT2D eigenvalue weighted by atomic mass is 10.0. The zero-order chi connectivity index (χ0) is 16.1. The number of rotatable bonds is 6. The monoisotopic (exact) mass is 310 g/mol. The molecular weight excluding hydrogens is 288 g/mol. The molecule has 0 N–H and O–H groups in total. The largest absolute Gasteiger partial charge is 0.494 e. The molecule has 0 spiro atoms. The van der Waals surface area contributed by atoms with Crippen molar-refractivity contribution in [2.24, 2.45) is 0 Å². The minimum atomic E-state index is -1.13. The second-order valence-electron chi connectivity index (χ2n) is 5.49. The van der Waals surface area contributed by atoms with E-state index in [2.05, 4.69) is 19.7 Å². The number of ether oxygens (including phenoxy) is 1. The van der Waals surface area contributed by atoms with Crippen molar-refractivity contribution in [3.05, 3.63) is 65.7 Å². The maximum absolute atomic E-state index is 12.8. The third-order valence-electron chi connectivity index (χ3n) is 3.61. The SMILES string of the molecule is C=Cc1ccc(C(=O)c2ccc(OCC)cc2[SiH](C)C)cc1. The summed E-state index contributed by atoms with van der Waals surface area (Å²) in [5.74, 6) is 0.923. The summed E-state index contributed by atoms with van der Waals surface area (Å²) in [7, 11) is -1.13. The molecule has 2 rings (SSSR count). The molecule has 0 saturated heterocycles. The standard InChI is InChI=1S/C19H22O2Si/c1-5-14-7-9-15(10-8-14)19(20)17-12-11-16(21-6-2)13-18(17)22(3)4/h5,7-13,22H,1,6H2,2-4H3. The van der Waals surface area contributed by atoms with Gasteiger partial charge in [-0.05, 0) is 35.9 Å². The second-order valence-corrected chi connectivity index (χ2v) is 8.42. The third-order valence-corrected chi connectivity index (χ3v) is 5.33. The Bertz CT molecular complexity index is 672. The van der Waals surface area contributed by atoms with Gasteiger partial charge in [-0.15, -0.1) is 0 Å². The average molecular weight is 310 g/mol. The fraction of sp³-hybridized carbons (Fsp3) is 0.211. The highest BCUT2D eigenvalue weighted by Gasteiger charge is 2.17. The smallest absolute Gasteiger partial charge is 0.192 e. The van der Waals surface area contributed by atoms with Crippen LogP contribution in [-0.4, -0.2) is 21.2 Å². The Labute approximate surface area is 134 Å². The number of hydrogen-bond donors (Lipinski definition) is 0. The van der Waals surface area contributed by atoms with Gasteiger partial charge in [0.25, 0.3) is 0 Å². The Morgan fingerprint density at radius 3 is 2.41 bits per heavy atom. The van der Waals surface area contributed by atoms with Crippen LogP contribution in [0.3, 0.4) is 0 Å². The molecule has 0 radical (unpaired) electrons. The van der Waals surface area contributed by atoms with Crippen LogP contribution in [0.2, 0.25) is 13.1 Å². The molecule has 2 aromatic rings. The zero-order valence-corrected chi connectivity index (χ0v) is 14.6. The van der Waals surface area contributed by atoms with Gasteiger partial charge in [-0.25, -0.2) is 0 Å². The lowest BCUT2D eigenvalue weighted by Crippen LogP contribution is -2.29. The molecule has 0 saturated carbocycles. The van der Waals surface area contributed by atoms with E-state index in [9.17, 15) is 4.79 Å². The Balaban J connectivity index is 2.41. The number of carbonyl (C=O) groups is 1. The first kappa shape index (κ1) is 16.2. The molecular formula is C19H22O2Si. The van der Waals surface area contributed by atoms with Crippen molar-refractivity contribution in [3.63, 3.8) is 0 Å². The Hall–Kier alpha value is -2.13. The van der Waals surface area contributed by atoms with Gasteiger partial charge in [0.15, 0.2) is 5.78 Å². The summed E-state index contributed by atoms with van der Waals surface area (Å²) in [6.45, 7) is 10.8. The molecule has 114 valence electrons. The summed E-state index contributed by atoms with van der Waals surface area (Å²) in [6, 6.07) is 13.4. The van der Waals surface area contributed by atoms with Crippen LogP contribution in [-0.2, 0) is 0 Å².